The third-order valence-corrected chi connectivity index (χ3v) is 3.49. The van der Waals surface area contributed by atoms with Gasteiger partial charge in [0, 0.05) is 12.2 Å². The van der Waals surface area contributed by atoms with E-state index in [4.69, 9.17) is 14.2 Å². The number of benzene rings is 1. The molecule has 0 amide bonds. The van der Waals surface area contributed by atoms with Crippen molar-refractivity contribution >= 4 is 17.6 Å². The SMILES string of the molecule is CCCCNc1ccc(C(=O)OCCOCCOCCC(=O)OC)cc1. The summed E-state index contributed by atoms with van der Waals surface area (Å²) in [5.74, 6) is -0.675. The Bertz CT molecular complexity index is 517. The summed E-state index contributed by atoms with van der Waals surface area (Å²) in [7, 11) is 1.34. The number of hydrogen-bond donors (Lipinski definition) is 1. The topological polar surface area (TPSA) is 83.1 Å². The number of rotatable bonds is 14. The van der Waals surface area contributed by atoms with Crippen molar-refractivity contribution in [1.29, 1.82) is 0 Å². The van der Waals surface area contributed by atoms with Crippen LogP contribution in [-0.4, -0.2) is 58.6 Å². The molecule has 1 rings (SSSR count). The second-order valence-corrected chi connectivity index (χ2v) is 5.54. The van der Waals surface area contributed by atoms with Crippen LogP contribution in [0, 0.1) is 0 Å². The molecule has 0 saturated carbocycles. The minimum Gasteiger partial charge on any atom is -0.469 e. The fourth-order valence-corrected chi connectivity index (χ4v) is 1.99. The molecule has 0 aliphatic carbocycles. The monoisotopic (exact) mass is 367 g/mol. The zero-order valence-electron chi connectivity index (χ0n) is 15.6. The quantitative estimate of drug-likeness (QED) is 0.400. The Kier molecular flexibility index (Phi) is 11.9. The Balaban J connectivity index is 2.06. The second-order valence-electron chi connectivity index (χ2n) is 5.54. The van der Waals surface area contributed by atoms with Crippen LogP contribution < -0.4 is 5.32 Å². The number of methoxy groups -OCH3 is 1. The van der Waals surface area contributed by atoms with Gasteiger partial charge >= 0.3 is 11.9 Å². The molecule has 0 unspecified atom stereocenters. The Morgan fingerprint density at radius 3 is 2.27 bits per heavy atom. The van der Waals surface area contributed by atoms with Gasteiger partial charge in [-0.05, 0) is 30.7 Å². The third kappa shape index (κ3) is 10.0. The van der Waals surface area contributed by atoms with Crippen molar-refractivity contribution in [3.63, 3.8) is 0 Å². The normalized spacial score (nSPS) is 10.4. The highest BCUT2D eigenvalue weighted by atomic mass is 16.6. The van der Waals surface area contributed by atoms with Gasteiger partial charge in [0.25, 0.3) is 0 Å². The van der Waals surface area contributed by atoms with Gasteiger partial charge < -0.3 is 24.3 Å². The van der Waals surface area contributed by atoms with Crippen LogP contribution in [0.4, 0.5) is 5.69 Å². The molecule has 0 heterocycles. The first-order valence-electron chi connectivity index (χ1n) is 8.90. The summed E-state index contributed by atoms with van der Waals surface area (Å²) in [5.41, 5.74) is 1.50. The molecule has 26 heavy (non-hydrogen) atoms. The summed E-state index contributed by atoms with van der Waals surface area (Å²) in [6.45, 7) is 4.58. The van der Waals surface area contributed by atoms with Crippen molar-refractivity contribution in [2.75, 3.05) is 52.0 Å². The van der Waals surface area contributed by atoms with Gasteiger partial charge in [-0.2, -0.15) is 0 Å². The maximum atomic E-state index is 11.9. The number of carbonyl (C=O) groups is 2. The van der Waals surface area contributed by atoms with E-state index in [1.807, 2.05) is 12.1 Å². The number of anilines is 1. The van der Waals surface area contributed by atoms with Gasteiger partial charge in [0.2, 0.25) is 0 Å². The van der Waals surface area contributed by atoms with Crippen LogP contribution in [0.2, 0.25) is 0 Å². The van der Waals surface area contributed by atoms with Crippen LogP contribution in [0.25, 0.3) is 0 Å². The zero-order chi connectivity index (χ0) is 19.0. The molecule has 0 fully saturated rings. The molecule has 0 aliphatic heterocycles. The molecule has 1 aromatic rings. The van der Waals surface area contributed by atoms with Crippen molar-refractivity contribution in [2.24, 2.45) is 0 Å². The minimum atomic E-state index is -0.372. The van der Waals surface area contributed by atoms with Gasteiger partial charge in [0.15, 0.2) is 0 Å². The molecule has 0 spiro atoms. The molecular weight excluding hydrogens is 338 g/mol. The number of nitrogens with one attached hydrogen (secondary N) is 1. The second kappa shape index (κ2) is 14.1. The Morgan fingerprint density at radius 1 is 0.962 bits per heavy atom. The van der Waals surface area contributed by atoms with Gasteiger partial charge in [-0.25, -0.2) is 4.79 Å². The Labute approximate surface area is 155 Å². The Hall–Kier alpha value is -2.12. The maximum Gasteiger partial charge on any atom is 0.338 e. The number of unbranched alkanes of at least 4 members (excludes halogenated alkanes) is 1. The van der Waals surface area contributed by atoms with Crippen LogP contribution in [0.1, 0.15) is 36.5 Å². The highest BCUT2D eigenvalue weighted by molar-refractivity contribution is 5.89. The predicted octanol–water partition coefficient (Wildman–Crippen LogP) is 2.65. The first kappa shape index (κ1) is 21.9. The molecule has 0 bridgehead atoms. The summed E-state index contributed by atoms with van der Waals surface area (Å²) in [5, 5.41) is 3.29. The molecule has 7 nitrogen and oxygen atoms in total. The zero-order valence-corrected chi connectivity index (χ0v) is 15.6. The average molecular weight is 367 g/mol. The number of esters is 2. The van der Waals surface area contributed by atoms with Gasteiger partial charge in [0.1, 0.15) is 6.61 Å². The summed E-state index contributed by atoms with van der Waals surface area (Å²) in [6, 6.07) is 7.22. The van der Waals surface area contributed by atoms with Crippen molar-refractivity contribution in [1.82, 2.24) is 0 Å². The maximum absolute atomic E-state index is 11.9. The molecule has 0 radical (unpaired) electrons. The largest absolute Gasteiger partial charge is 0.469 e. The minimum absolute atomic E-state index is 0.178. The average Bonchev–Trinajstić information content (AvgIpc) is 2.67. The number of ether oxygens (including phenoxy) is 4. The molecule has 1 aromatic carbocycles. The lowest BCUT2D eigenvalue weighted by Gasteiger charge is -2.08. The molecule has 0 atom stereocenters. The van der Waals surface area contributed by atoms with E-state index in [0.717, 1.165) is 25.1 Å². The Morgan fingerprint density at radius 2 is 1.62 bits per heavy atom. The molecular formula is C19H29NO6. The first-order valence-corrected chi connectivity index (χ1v) is 8.90. The van der Waals surface area contributed by atoms with Gasteiger partial charge in [-0.3, -0.25) is 4.79 Å². The standard InChI is InChI=1S/C19H29NO6/c1-3-4-10-20-17-7-5-16(6-8-17)19(22)26-15-14-25-13-12-24-11-9-18(21)23-2/h5-8,20H,3-4,9-15H2,1-2H3. The van der Waals surface area contributed by atoms with E-state index >= 15 is 0 Å². The van der Waals surface area contributed by atoms with E-state index in [1.54, 1.807) is 12.1 Å². The highest BCUT2D eigenvalue weighted by Gasteiger charge is 2.06. The smallest absolute Gasteiger partial charge is 0.338 e. The lowest BCUT2D eigenvalue weighted by molar-refractivity contribution is -0.141. The van der Waals surface area contributed by atoms with Gasteiger partial charge in [-0.1, -0.05) is 13.3 Å². The van der Waals surface area contributed by atoms with E-state index in [-0.39, 0.29) is 25.0 Å². The summed E-state index contributed by atoms with van der Waals surface area (Å²) >= 11 is 0. The van der Waals surface area contributed by atoms with Crippen LogP contribution in [0.3, 0.4) is 0 Å². The van der Waals surface area contributed by atoms with Crippen LogP contribution in [0.15, 0.2) is 24.3 Å². The van der Waals surface area contributed by atoms with E-state index in [0.29, 0.717) is 32.0 Å². The number of carbonyl (C=O) groups excluding carboxylic acids is 2. The first-order chi connectivity index (χ1) is 12.7. The van der Waals surface area contributed by atoms with E-state index in [2.05, 4.69) is 17.0 Å². The summed E-state index contributed by atoms with van der Waals surface area (Å²) in [6.07, 6.45) is 2.47. The van der Waals surface area contributed by atoms with Crippen molar-refractivity contribution in [3.05, 3.63) is 29.8 Å². The van der Waals surface area contributed by atoms with E-state index in [9.17, 15) is 9.59 Å². The highest BCUT2D eigenvalue weighted by Crippen LogP contribution is 2.10. The fourth-order valence-electron chi connectivity index (χ4n) is 1.99. The summed E-state index contributed by atoms with van der Waals surface area (Å²) in [4.78, 5) is 22.8. The van der Waals surface area contributed by atoms with Crippen LogP contribution in [0.5, 0.6) is 0 Å². The molecule has 7 heteroatoms. The van der Waals surface area contributed by atoms with Gasteiger partial charge in [-0.15, -0.1) is 0 Å². The van der Waals surface area contributed by atoms with E-state index < -0.39 is 0 Å². The third-order valence-electron chi connectivity index (χ3n) is 3.49. The molecule has 0 saturated heterocycles. The fraction of sp³-hybridized carbons (Fsp3) is 0.579. The lowest BCUT2D eigenvalue weighted by Crippen LogP contribution is -2.14. The van der Waals surface area contributed by atoms with Gasteiger partial charge in [0.05, 0.1) is 45.5 Å². The van der Waals surface area contributed by atoms with Crippen molar-refractivity contribution in [3.8, 4) is 0 Å². The molecule has 146 valence electrons. The number of hydrogen-bond acceptors (Lipinski definition) is 7. The van der Waals surface area contributed by atoms with Crippen molar-refractivity contribution < 1.29 is 28.5 Å². The molecule has 0 aromatic heterocycles. The van der Waals surface area contributed by atoms with Crippen molar-refractivity contribution in [2.45, 2.75) is 26.2 Å². The predicted molar refractivity (Wildman–Crippen MR) is 98.4 cm³/mol. The molecule has 0 aliphatic rings. The van der Waals surface area contributed by atoms with Crippen LogP contribution >= 0.6 is 0 Å². The van der Waals surface area contributed by atoms with Crippen LogP contribution in [-0.2, 0) is 23.7 Å². The van der Waals surface area contributed by atoms with E-state index in [1.165, 1.54) is 7.11 Å². The molecule has 1 N–H and O–H groups in total. The summed E-state index contributed by atoms with van der Waals surface area (Å²) < 4.78 is 20.2. The lowest BCUT2D eigenvalue weighted by atomic mass is 10.2.